The van der Waals surface area contributed by atoms with Gasteiger partial charge in [-0.15, -0.1) is 0 Å². The molecule has 9 heteroatoms. The van der Waals surface area contributed by atoms with E-state index in [0.29, 0.717) is 27.9 Å². The summed E-state index contributed by atoms with van der Waals surface area (Å²) in [5.41, 5.74) is 0.654. The Kier molecular flexibility index (Phi) is 6.63. The minimum absolute atomic E-state index is 0.300. The van der Waals surface area contributed by atoms with Crippen molar-refractivity contribution in [1.29, 1.82) is 5.41 Å². The maximum absolute atomic E-state index is 13.4. The van der Waals surface area contributed by atoms with Gasteiger partial charge in [-0.25, -0.2) is 0 Å². The number of fused-ring (bicyclic) bond motifs is 1. The second-order valence-electron chi connectivity index (χ2n) is 7.66. The molecular formula is C22H22F3IN4O. The third kappa shape index (κ3) is 5.20. The Labute approximate surface area is 192 Å². The molecule has 0 aliphatic carbocycles. The zero-order valence-corrected chi connectivity index (χ0v) is 19.1. The Balaban J connectivity index is 1.97. The van der Waals surface area contributed by atoms with Crippen LogP contribution in [0.1, 0.15) is 25.0 Å². The number of carbonyl (C=O) groups is 1. The molecule has 5 nitrogen and oxygen atoms in total. The maximum Gasteiger partial charge on any atom is 0.416 e. The maximum atomic E-state index is 13.4. The molecule has 0 saturated carbocycles. The fourth-order valence-electron chi connectivity index (χ4n) is 3.26. The molecule has 2 aromatic rings. The number of hydrogen-bond acceptors (Lipinski definition) is 4. The van der Waals surface area contributed by atoms with Crippen molar-refractivity contribution in [2.75, 3.05) is 16.8 Å². The van der Waals surface area contributed by atoms with Gasteiger partial charge >= 0.3 is 6.18 Å². The molecule has 1 amide bonds. The summed E-state index contributed by atoms with van der Waals surface area (Å²) in [6.45, 7) is 3.83. The predicted molar refractivity (Wildman–Crippen MR) is 125 cm³/mol. The minimum atomic E-state index is -4.49. The summed E-state index contributed by atoms with van der Waals surface area (Å²) >= 11 is 1.95. The topological polar surface area (TPSA) is 68.2 Å². The summed E-state index contributed by atoms with van der Waals surface area (Å²) in [7, 11) is 0. The van der Waals surface area contributed by atoms with Crippen LogP contribution in [-0.4, -0.2) is 24.2 Å². The van der Waals surface area contributed by atoms with E-state index in [4.69, 9.17) is 5.41 Å². The van der Waals surface area contributed by atoms with E-state index in [1.165, 1.54) is 12.3 Å². The van der Waals surface area contributed by atoms with E-state index in [9.17, 15) is 18.0 Å². The zero-order valence-electron chi connectivity index (χ0n) is 17.0. The first-order valence-corrected chi connectivity index (χ1v) is 10.6. The molecule has 164 valence electrons. The van der Waals surface area contributed by atoms with Crippen LogP contribution >= 0.6 is 22.6 Å². The van der Waals surface area contributed by atoms with Gasteiger partial charge in [-0.2, -0.15) is 13.2 Å². The number of amides is 1. The molecule has 1 heterocycles. The quantitative estimate of drug-likeness (QED) is 0.328. The van der Waals surface area contributed by atoms with Crippen molar-refractivity contribution in [2.45, 2.75) is 32.0 Å². The molecule has 31 heavy (non-hydrogen) atoms. The molecule has 0 spiro atoms. The third-order valence-corrected chi connectivity index (χ3v) is 5.65. The molecule has 0 bridgehead atoms. The van der Waals surface area contributed by atoms with E-state index in [1.807, 2.05) is 46.9 Å². The number of anilines is 3. The molecule has 0 fully saturated rings. The third-order valence-electron chi connectivity index (χ3n) is 5.03. The summed E-state index contributed by atoms with van der Waals surface area (Å²) in [5.74, 6) is -0.411. The Bertz CT molecular complexity index is 1030. The van der Waals surface area contributed by atoms with E-state index in [0.717, 1.165) is 29.6 Å². The van der Waals surface area contributed by atoms with E-state index < -0.39 is 23.2 Å². The molecule has 0 radical (unpaired) electrons. The van der Waals surface area contributed by atoms with Gasteiger partial charge in [-0.1, -0.05) is 18.2 Å². The highest BCUT2D eigenvalue weighted by Gasteiger charge is 2.34. The molecule has 0 aromatic heterocycles. The molecule has 3 N–H and O–H groups in total. The monoisotopic (exact) mass is 542 g/mol. The van der Waals surface area contributed by atoms with Gasteiger partial charge in [0.05, 0.1) is 16.9 Å². The van der Waals surface area contributed by atoms with Crippen molar-refractivity contribution in [3.63, 3.8) is 0 Å². The van der Waals surface area contributed by atoms with Crippen LogP contribution in [0.15, 0.2) is 52.2 Å². The fraction of sp³-hybridized carbons (Fsp3) is 0.273. The Morgan fingerprint density at radius 1 is 1.16 bits per heavy atom. The molecule has 2 aromatic carbocycles. The van der Waals surface area contributed by atoms with E-state index in [2.05, 4.69) is 10.6 Å². The van der Waals surface area contributed by atoms with Crippen molar-refractivity contribution >= 4 is 51.8 Å². The standard InChI is InChI=1S/C22H22F3IN4O/c1-21(2,28-13-16(26)12-27)20(31)29-17-8-7-15(22(23,24)25)11-19(17)30-10-9-14-5-3-4-6-18(14)30/h3-8,11-13,27-28H,9-10H2,1-2H3,(H,29,31)/b16-13+,27-12?. The van der Waals surface area contributed by atoms with Crippen molar-refractivity contribution in [3.8, 4) is 0 Å². The number of para-hydroxylation sites is 1. The molecule has 0 atom stereocenters. The number of halogens is 4. The van der Waals surface area contributed by atoms with Gasteiger partial charge < -0.3 is 20.9 Å². The van der Waals surface area contributed by atoms with Crippen LogP contribution in [0, 0.1) is 5.41 Å². The van der Waals surface area contributed by atoms with Gasteiger partial charge in [-0.05, 0) is 72.7 Å². The molecule has 1 aliphatic heterocycles. The van der Waals surface area contributed by atoms with Gasteiger partial charge in [0.15, 0.2) is 0 Å². The van der Waals surface area contributed by atoms with Gasteiger partial charge in [0, 0.05) is 28.2 Å². The summed E-state index contributed by atoms with van der Waals surface area (Å²) in [6.07, 6.45) is -1.11. The molecule has 3 rings (SSSR count). The van der Waals surface area contributed by atoms with Crippen LogP contribution in [0.4, 0.5) is 30.2 Å². The molecule has 0 saturated heterocycles. The average Bonchev–Trinajstić information content (AvgIpc) is 3.15. The summed E-state index contributed by atoms with van der Waals surface area (Å²) in [4.78, 5) is 14.7. The van der Waals surface area contributed by atoms with Crippen molar-refractivity contribution in [3.05, 3.63) is 63.4 Å². The first-order chi connectivity index (χ1) is 14.5. The highest BCUT2D eigenvalue weighted by molar-refractivity contribution is 14.1. The van der Waals surface area contributed by atoms with E-state index in [1.54, 1.807) is 18.7 Å². The lowest BCUT2D eigenvalue weighted by atomic mass is 10.0. The van der Waals surface area contributed by atoms with Gasteiger partial charge in [0.1, 0.15) is 5.54 Å². The van der Waals surface area contributed by atoms with Crippen LogP contribution < -0.4 is 15.5 Å². The number of benzene rings is 2. The molecule has 1 aliphatic rings. The Hall–Kier alpha value is -2.56. The molecule has 0 unspecified atom stereocenters. The van der Waals surface area contributed by atoms with Gasteiger partial charge in [-0.3, -0.25) is 4.79 Å². The minimum Gasteiger partial charge on any atom is -0.377 e. The second-order valence-corrected chi connectivity index (χ2v) is 8.90. The normalized spacial score (nSPS) is 14.3. The first kappa shape index (κ1) is 23.1. The van der Waals surface area contributed by atoms with Crippen LogP contribution in [0.2, 0.25) is 0 Å². The zero-order chi connectivity index (χ0) is 22.8. The predicted octanol–water partition coefficient (Wildman–Crippen LogP) is 5.63. The summed E-state index contributed by atoms with van der Waals surface area (Å²) in [6, 6.07) is 10.9. The lowest BCUT2D eigenvalue weighted by molar-refractivity contribution is -0.137. The Morgan fingerprint density at radius 2 is 1.87 bits per heavy atom. The van der Waals surface area contributed by atoms with Crippen LogP contribution in [0.3, 0.4) is 0 Å². The number of nitrogens with one attached hydrogen (secondary N) is 3. The highest BCUT2D eigenvalue weighted by Crippen LogP contribution is 2.41. The number of nitrogens with zero attached hydrogens (tertiary/aromatic N) is 1. The number of carbonyl (C=O) groups excluding carboxylic acids is 1. The van der Waals surface area contributed by atoms with Crippen molar-refractivity contribution in [1.82, 2.24) is 5.32 Å². The lowest BCUT2D eigenvalue weighted by Gasteiger charge is -2.28. The van der Waals surface area contributed by atoms with Crippen LogP contribution in [-0.2, 0) is 17.4 Å². The van der Waals surface area contributed by atoms with Crippen LogP contribution in [0.25, 0.3) is 0 Å². The second kappa shape index (κ2) is 8.89. The lowest BCUT2D eigenvalue weighted by Crippen LogP contribution is -2.47. The fourth-order valence-corrected chi connectivity index (χ4v) is 3.42. The number of alkyl halides is 3. The Morgan fingerprint density at radius 3 is 2.55 bits per heavy atom. The van der Waals surface area contributed by atoms with Crippen LogP contribution in [0.5, 0.6) is 0 Å². The van der Waals surface area contributed by atoms with E-state index >= 15 is 0 Å². The number of rotatable bonds is 6. The summed E-state index contributed by atoms with van der Waals surface area (Å²) < 4.78 is 40.8. The number of hydrogen-bond donors (Lipinski definition) is 3. The smallest absolute Gasteiger partial charge is 0.377 e. The largest absolute Gasteiger partial charge is 0.416 e. The first-order valence-electron chi connectivity index (χ1n) is 9.55. The highest BCUT2D eigenvalue weighted by atomic mass is 127. The average molecular weight is 542 g/mol. The summed E-state index contributed by atoms with van der Waals surface area (Å²) in [5, 5.41) is 12.9. The van der Waals surface area contributed by atoms with Crippen molar-refractivity contribution in [2.24, 2.45) is 0 Å². The van der Waals surface area contributed by atoms with Gasteiger partial charge in [0.2, 0.25) is 5.91 Å². The van der Waals surface area contributed by atoms with E-state index in [-0.39, 0.29) is 0 Å². The van der Waals surface area contributed by atoms with Crippen molar-refractivity contribution < 1.29 is 18.0 Å². The molecular weight excluding hydrogens is 520 g/mol. The SMILES string of the molecule is CC(C)(N/C=C(/I)C=N)C(=O)Nc1ccc(C(F)(F)F)cc1N1CCc2ccccc21. The number of allylic oxidation sites excluding steroid dienone is 1. The van der Waals surface area contributed by atoms with Gasteiger partial charge in [0.25, 0.3) is 0 Å².